The first-order chi connectivity index (χ1) is 9.06. The number of aromatic nitrogens is 1. The number of rotatable bonds is 3. The molecule has 0 fully saturated rings. The van der Waals surface area contributed by atoms with Gasteiger partial charge in [0.25, 0.3) is 11.6 Å². The summed E-state index contributed by atoms with van der Waals surface area (Å²) in [5.41, 5.74) is 0.527. The fraction of sp³-hybridized carbons (Fsp3) is 0. The third kappa shape index (κ3) is 3.26. The van der Waals surface area contributed by atoms with Crippen LogP contribution in [-0.4, -0.2) is 15.8 Å². The molecule has 1 amide bonds. The van der Waals surface area contributed by atoms with Gasteiger partial charge >= 0.3 is 0 Å². The smallest absolute Gasteiger partial charge is 0.270 e. The molecule has 0 saturated heterocycles. The highest BCUT2D eigenvalue weighted by Crippen LogP contribution is 2.16. The fourth-order valence-electron chi connectivity index (χ4n) is 1.44. The molecule has 0 aliphatic rings. The standard InChI is InChI=1S/C12H8ClN3O3/c13-11-7-9(4-5-14-11)15-12(17)8-2-1-3-10(6-8)16(18)19/h1-7H,(H,14,15,17). The van der Waals surface area contributed by atoms with Crippen LogP contribution in [0.1, 0.15) is 10.4 Å². The zero-order valence-corrected chi connectivity index (χ0v) is 10.3. The van der Waals surface area contributed by atoms with Gasteiger partial charge in [-0.2, -0.15) is 0 Å². The maximum absolute atomic E-state index is 11.9. The van der Waals surface area contributed by atoms with Crippen LogP contribution in [0.25, 0.3) is 0 Å². The third-order valence-electron chi connectivity index (χ3n) is 2.30. The summed E-state index contributed by atoms with van der Waals surface area (Å²) in [7, 11) is 0. The predicted molar refractivity (Wildman–Crippen MR) is 70.3 cm³/mol. The fourth-order valence-corrected chi connectivity index (χ4v) is 1.62. The average molecular weight is 278 g/mol. The number of nitrogens with zero attached hydrogens (tertiary/aromatic N) is 2. The summed E-state index contributed by atoms with van der Waals surface area (Å²) in [6, 6.07) is 8.52. The van der Waals surface area contributed by atoms with Gasteiger partial charge in [0.15, 0.2) is 0 Å². The van der Waals surface area contributed by atoms with Crippen LogP contribution in [0.3, 0.4) is 0 Å². The van der Waals surface area contributed by atoms with E-state index >= 15 is 0 Å². The number of non-ortho nitro benzene ring substituents is 1. The van der Waals surface area contributed by atoms with Crippen molar-refractivity contribution in [1.82, 2.24) is 4.98 Å². The Morgan fingerprint density at radius 2 is 2.11 bits per heavy atom. The molecule has 0 bridgehead atoms. The second-order valence-corrected chi connectivity index (χ2v) is 4.02. The Morgan fingerprint density at radius 1 is 1.32 bits per heavy atom. The zero-order chi connectivity index (χ0) is 13.8. The summed E-state index contributed by atoms with van der Waals surface area (Å²) >= 11 is 5.69. The van der Waals surface area contributed by atoms with E-state index in [1.165, 1.54) is 36.5 Å². The molecule has 19 heavy (non-hydrogen) atoms. The Kier molecular flexibility index (Phi) is 3.72. The van der Waals surface area contributed by atoms with Gasteiger partial charge in [0.1, 0.15) is 5.15 Å². The Hall–Kier alpha value is -2.47. The quantitative estimate of drug-likeness (QED) is 0.531. The first-order valence-corrected chi connectivity index (χ1v) is 5.61. The van der Waals surface area contributed by atoms with Gasteiger partial charge in [0.2, 0.25) is 0 Å². The lowest BCUT2D eigenvalue weighted by atomic mass is 10.2. The number of anilines is 1. The normalized spacial score (nSPS) is 9.95. The molecule has 0 unspecified atom stereocenters. The van der Waals surface area contributed by atoms with E-state index in [4.69, 9.17) is 11.6 Å². The Bertz CT molecular complexity index is 646. The minimum Gasteiger partial charge on any atom is -0.322 e. The highest BCUT2D eigenvalue weighted by atomic mass is 35.5. The van der Waals surface area contributed by atoms with Gasteiger partial charge < -0.3 is 5.32 Å². The number of carbonyl (C=O) groups excluding carboxylic acids is 1. The monoisotopic (exact) mass is 277 g/mol. The summed E-state index contributed by atoms with van der Waals surface area (Å²) in [5, 5.41) is 13.5. The maximum atomic E-state index is 11.9. The molecule has 0 saturated carbocycles. The average Bonchev–Trinajstić information content (AvgIpc) is 2.39. The SMILES string of the molecule is O=C(Nc1ccnc(Cl)c1)c1cccc([N+](=O)[O-])c1. The van der Waals surface area contributed by atoms with E-state index < -0.39 is 10.8 Å². The molecule has 1 aromatic heterocycles. The van der Waals surface area contributed by atoms with Crippen molar-refractivity contribution in [3.63, 3.8) is 0 Å². The topological polar surface area (TPSA) is 85.1 Å². The molecule has 0 atom stereocenters. The van der Waals surface area contributed by atoms with Crippen LogP contribution in [0.2, 0.25) is 5.15 Å². The Balaban J connectivity index is 2.20. The van der Waals surface area contributed by atoms with Crippen LogP contribution in [0.15, 0.2) is 42.6 Å². The summed E-state index contributed by atoms with van der Waals surface area (Å²) in [4.78, 5) is 25.8. The number of benzene rings is 1. The summed E-state index contributed by atoms with van der Waals surface area (Å²) in [6.45, 7) is 0. The molecule has 96 valence electrons. The van der Waals surface area contributed by atoms with Crippen LogP contribution in [-0.2, 0) is 0 Å². The largest absolute Gasteiger partial charge is 0.322 e. The second-order valence-electron chi connectivity index (χ2n) is 3.63. The van der Waals surface area contributed by atoms with Gasteiger partial charge in [-0.05, 0) is 18.2 Å². The molecule has 2 aromatic rings. The van der Waals surface area contributed by atoms with Gasteiger partial charge in [-0.15, -0.1) is 0 Å². The molecule has 2 rings (SSSR count). The lowest BCUT2D eigenvalue weighted by Gasteiger charge is -2.05. The number of hydrogen-bond acceptors (Lipinski definition) is 4. The molecule has 7 heteroatoms. The van der Waals surface area contributed by atoms with E-state index in [0.717, 1.165) is 0 Å². The van der Waals surface area contributed by atoms with Crippen LogP contribution in [0.5, 0.6) is 0 Å². The number of nitro groups is 1. The molecule has 1 N–H and O–H groups in total. The number of pyridine rings is 1. The van der Waals surface area contributed by atoms with Crippen LogP contribution < -0.4 is 5.32 Å². The van der Waals surface area contributed by atoms with Crippen molar-refractivity contribution < 1.29 is 9.72 Å². The van der Waals surface area contributed by atoms with Gasteiger partial charge in [0.05, 0.1) is 4.92 Å². The lowest BCUT2D eigenvalue weighted by Crippen LogP contribution is -2.12. The van der Waals surface area contributed by atoms with Crippen molar-refractivity contribution >= 4 is 28.9 Å². The number of nitrogens with one attached hydrogen (secondary N) is 1. The highest BCUT2D eigenvalue weighted by Gasteiger charge is 2.11. The van der Waals surface area contributed by atoms with Gasteiger partial charge in [0, 0.05) is 29.6 Å². The van der Waals surface area contributed by atoms with Gasteiger partial charge in [-0.3, -0.25) is 14.9 Å². The number of carbonyl (C=O) groups is 1. The molecule has 0 aliphatic heterocycles. The van der Waals surface area contributed by atoms with Crippen LogP contribution in [0.4, 0.5) is 11.4 Å². The molecular formula is C12H8ClN3O3. The molecule has 0 aliphatic carbocycles. The first-order valence-electron chi connectivity index (χ1n) is 5.23. The molecule has 0 spiro atoms. The molecule has 6 nitrogen and oxygen atoms in total. The van der Waals surface area contributed by atoms with E-state index in [0.29, 0.717) is 5.69 Å². The Labute approximate surface area is 113 Å². The summed E-state index contributed by atoms with van der Waals surface area (Å²) in [6.07, 6.45) is 1.45. The van der Waals surface area contributed by atoms with Crippen LogP contribution in [0, 0.1) is 10.1 Å². The summed E-state index contributed by atoms with van der Waals surface area (Å²) < 4.78 is 0. The van der Waals surface area contributed by atoms with Crippen molar-refractivity contribution in [3.8, 4) is 0 Å². The predicted octanol–water partition coefficient (Wildman–Crippen LogP) is 2.90. The number of amides is 1. The van der Waals surface area contributed by atoms with Gasteiger partial charge in [-0.1, -0.05) is 17.7 Å². The van der Waals surface area contributed by atoms with Gasteiger partial charge in [-0.25, -0.2) is 4.98 Å². The van der Waals surface area contributed by atoms with E-state index in [1.807, 2.05) is 0 Å². The van der Waals surface area contributed by atoms with E-state index in [1.54, 1.807) is 6.07 Å². The van der Waals surface area contributed by atoms with E-state index in [9.17, 15) is 14.9 Å². The number of halogens is 1. The van der Waals surface area contributed by atoms with Crippen molar-refractivity contribution in [2.75, 3.05) is 5.32 Å². The van der Waals surface area contributed by atoms with Crippen LogP contribution >= 0.6 is 11.6 Å². The third-order valence-corrected chi connectivity index (χ3v) is 2.51. The first kappa shape index (κ1) is 13.0. The molecular weight excluding hydrogens is 270 g/mol. The summed E-state index contributed by atoms with van der Waals surface area (Å²) in [5.74, 6) is -0.453. The molecule has 0 radical (unpaired) electrons. The van der Waals surface area contributed by atoms with Crippen molar-refractivity contribution in [3.05, 3.63) is 63.4 Å². The van der Waals surface area contributed by atoms with Crippen molar-refractivity contribution in [2.24, 2.45) is 0 Å². The Morgan fingerprint density at radius 3 is 2.79 bits per heavy atom. The minimum absolute atomic E-state index is 0.139. The zero-order valence-electron chi connectivity index (χ0n) is 9.54. The van der Waals surface area contributed by atoms with E-state index in [-0.39, 0.29) is 16.4 Å². The van der Waals surface area contributed by atoms with E-state index in [2.05, 4.69) is 10.3 Å². The molecule has 1 heterocycles. The van der Waals surface area contributed by atoms with Crippen molar-refractivity contribution in [1.29, 1.82) is 0 Å². The highest BCUT2D eigenvalue weighted by molar-refractivity contribution is 6.29. The second kappa shape index (κ2) is 5.45. The lowest BCUT2D eigenvalue weighted by molar-refractivity contribution is -0.384. The minimum atomic E-state index is -0.555. The molecule has 1 aromatic carbocycles. The number of nitro benzene ring substituents is 1. The van der Waals surface area contributed by atoms with Crippen molar-refractivity contribution in [2.45, 2.75) is 0 Å². The maximum Gasteiger partial charge on any atom is 0.270 e. The number of hydrogen-bond donors (Lipinski definition) is 1.